The second-order valence-electron chi connectivity index (χ2n) is 5.74. The maximum absolute atomic E-state index is 14.6. The van der Waals surface area contributed by atoms with Crippen LogP contribution in [-0.4, -0.2) is 19.1 Å². The van der Waals surface area contributed by atoms with E-state index in [4.69, 9.17) is 11.2 Å². The monoisotopic (exact) mass is 381 g/mol. The molecular weight excluding hydrogens is 369 g/mol. The van der Waals surface area contributed by atoms with Crippen molar-refractivity contribution in [2.24, 2.45) is 0 Å². The molecule has 0 saturated heterocycles. The second-order valence-corrected chi connectivity index (χ2v) is 5.74. The Bertz CT molecular complexity index is 997. The van der Waals surface area contributed by atoms with Crippen molar-refractivity contribution in [2.45, 2.75) is 13.3 Å². The van der Waals surface area contributed by atoms with E-state index in [2.05, 4.69) is 5.92 Å². The number of benzene rings is 2. The third-order valence-corrected chi connectivity index (χ3v) is 4.22. The molecule has 1 heterocycles. The third-order valence-electron chi connectivity index (χ3n) is 4.22. The fourth-order valence-corrected chi connectivity index (χ4v) is 2.91. The van der Waals surface area contributed by atoms with E-state index in [0.717, 1.165) is 17.0 Å². The summed E-state index contributed by atoms with van der Waals surface area (Å²) in [4.78, 5) is 13.0. The molecule has 8 heteroatoms. The molecule has 0 radical (unpaired) electrons. The lowest BCUT2D eigenvalue weighted by molar-refractivity contribution is -0.121. The van der Waals surface area contributed by atoms with Gasteiger partial charge in [0.05, 0.1) is 17.8 Å². The van der Waals surface area contributed by atoms with Crippen LogP contribution in [0.25, 0.3) is 11.1 Å². The summed E-state index contributed by atoms with van der Waals surface area (Å²) in [7, 11) is 0. The van der Waals surface area contributed by atoms with Crippen LogP contribution in [0, 0.1) is 41.4 Å². The van der Waals surface area contributed by atoms with E-state index < -0.39 is 51.7 Å². The van der Waals surface area contributed by atoms with Crippen molar-refractivity contribution in [3.63, 3.8) is 0 Å². The highest BCUT2D eigenvalue weighted by Crippen LogP contribution is 2.41. The van der Waals surface area contributed by atoms with Gasteiger partial charge < -0.3 is 4.74 Å². The molecule has 1 aliphatic heterocycles. The van der Waals surface area contributed by atoms with Crippen LogP contribution < -0.4 is 9.64 Å². The number of carbonyl (C=O) groups is 1. The molecule has 0 aromatic heterocycles. The number of amides is 1. The summed E-state index contributed by atoms with van der Waals surface area (Å²) in [5.41, 5.74) is -2.49. The van der Waals surface area contributed by atoms with Crippen molar-refractivity contribution < 1.29 is 31.5 Å². The Morgan fingerprint density at radius 3 is 2.44 bits per heavy atom. The summed E-state index contributed by atoms with van der Waals surface area (Å²) in [6.45, 7) is 0.761. The first-order valence-electron chi connectivity index (χ1n) is 7.87. The summed E-state index contributed by atoms with van der Waals surface area (Å²) in [5, 5.41) is 0. The number of halogens is 5. The molecule has 0 saturated carbocycles. The van der Waals surface area contributed by atoms with E-state index >= 15 is 0 Å². The van der Waals surface area contributed by atoms with Gasteiger partial charge in [-0.15, -0.1) is 6.42 Å². The summed E-state index contributed by atoms with van der Waals surface area (Å²) >= 11 is 0. The number of fused-ring (bicyclic) bond motifs is 1. The lowest BCUT2D eigenvalue weighted by Crippen LogP contribution is -2.39. The van der Waals surface area contributed by atoms with Crippen LogP contribution in [0.1, 0.15) is 12.5 Å². The van der Waals surface area contributed by atoms with E-state index in [1.165, 1.54) is 6.92 Å². The molecule has 0 spiro atoms. The third kappa shape index (κ3) is 2.89. The molecule has 0 bridgehead atoms. The van der Waals surface area contributed by atoms with Gasteiger partial charge in [0.15, 0.2) is 24.1 Å². The molecule has 2 aromatic carbocycles. The van der Waals surface area contributed by atoms with Crippen molar-refractivity contribution >= 4 is 11.6 Å². The van der Waals surface area contributed by atoms with Gasteiger partial charge in [0.25, 0.3) is 5.91 Å². The zero-order chi connectivity index (χ0) is 19.9. The predicted octanol–water partition coefficient (Wildman–Crippen LogP) is 3.97. The Kier molecular flexibility index (Phi) is 4.79. The molecule has 0 aliphatic carbocycles. The van der Waals surface area contributed by atoms with Gasteiger partial charge in [-0.1, -0.05) is 12.8 Å². The predicted molar refractivity (Wildman–Crippen MR) is 87.7 cm³/mol. The van der Waals surface area contributed by atoms with Crippen molar-refractivity contribution in [1.29, 1.82) is 0 Å². The second kappa shape index (κ2) is 6.91. The van der Waals surface area contributed by atoms with Gasteiger partial charge in [0, 0.05) is 17.2 Å². The Labute approximate surface area is 151 Å². The van der Waals surface area contributed by atoms with Crippen LogP contribution in [0.3, 0.4) is 0 Å². The van der Waals surface area contributed by atoms with Crippen LogP contribution in [0.15, 0.2) is 12.1 Å². The number of hydrogen-bond donors (Lipinski definition) is 0. The molecule has 0 N–H and O–H groups in total. The molecule has 0 unspecified atom stereocenters. The molecule has 3 rings (SSSR count). The maximum atomic E-state index is 14.6. The first-order chi connectivity index (χ1) is 12.8. The average molecular weight is 381 g/mol. The van der Waals surface area contributed by atoms with E-state index in [9.17, 15) is 26.7 Å². The van der Waals surface area contributed by atoms with Crippen molar-refractivity contribution in [3.05, 3.63) is 46.8 Å². The molecule has 0 fully saturated rings. The number of ether oxygens (including phenoxy) is 1. The van der Waals surface area contributed by atoms with Gasteiger partial charge in [0.1, 0.15) is 17.4 Å². The minimum Gasteiger partial charge on any atom is -0.481 e. The SMILES string of the molecule is C#CCN1C(=O)COc2cc(F)c(-c3c(F)c(F)c(F)c(CC)c3F)cc21. The van der Waals surface area contributed by atoms with Crippen LogP contribution >= 0.6 is 0 Å². The Balaban J connectivity index is 2.30. The van der Waals surface area contributed by atoms with Crippen LogP contribution in [0.5, 0.6) is 5.75 Å². The molecule has 140 valence electrons. The minimum absolute atomic E-state index is 0.0258. The molecule has 2 aromatic rings. The van der Waals surface area contributed by atoms with Gasteiger partial charge in [-0.25, -0.2) is 22.0 Å². The summed E-state index contributed by atoms with van der Waals surface area (Å²) < 4.78 is 76.2. The lowest BCUT2D eigenvalue weighted by Gasteiger charge is -2.28. The maximum Gasteiger partial charge on any atom is 0.265 e. The zero-order valence-corrected chi connectivity index (χ0v) is 14.0. The molecule has 27 heavy (non-hydrogen) atoms. The Morgan fingerprint density at radius 1 is 1.11 bits per heavy atom. The van der Waals surface area contributed by atoms with Gasteiger partial charge in [-0.2, -0.15) is 0 Å². The van der Waals surface area contributed by atoms with Gasteiger partial charge in [-0.05, 0) is 12.5 Å². The number of anilines is 1. The van der Waals surface area contributed by atoms with Crippen LogP contribution in [-0.2, 0) is 11.2 Å². The highest BCUT2D eigenvalue weighted by molar-refractivity contribution is 5.99. The minimum atomic E-state index is -1.91. The molecule has 1 aliphatic rings. The summed E-state index contributed by atoms with van der Waals surface area (Å²) in [5.74, 6) is -6.36. The summed E-state index contributed by atoms with van der Waals surface area (Å²) in [6.07, 6.45) is 4.93. The number of hydrogen-bond acceptors (Lipinski definition) is 2. The highest BCUT2D eigenvalue weighted by atomic mass is 19.2. The van der Waals surface area contributed by atoms with Crippen molar-refractivity contribution in [1.82, 2.24) is 0 Å². The fourth-order valence-electron chi connectivity index (χ4n) is 2.91. The van der Waals surface area contributed by atoms with E-state index in [0.29, 0.717) is 0 Å². The van der Waals surface area contributed by atoms with Crippen molar-refractivity contribution in [3.8, 4) is 29.2 Å². The number of rotatable bonds is 3. The van der Waals surface area contributed by atoms with E-state index in [1.54, 1.807) is 0 Å². The highest BCUT2D eigenvalue weighted by Gasteiger charge is 2.31. The van der Waals surface area contributed by atoms with Crippen LogP contribution in [0.2, 0.25) is 0 Å². The zero-order valence-electron chi connectivity index (χ0n) is 14.0. The van der Waals surface area contributed by atoms with Gasteiger partial charge in [-0.3, -0.25) is 9.69 Å². The first kappa shape index (κ1) is 18.7. The standard InChI is InChI=1S/C19H12F5NO2/c1-3-5-25-12-6-10(11(20)7-13(12)27-8-14(25)26)15-16(21)9(4-2)17(22)19(24)18(15)23/h1,6-7H,4-5,8H2,2H3. The topological polar surface area (TPSA) is 29.5 Å². The van der Waals surface area contributed by atoms with Gasteiger partial charge in [0.2, 0.25) is 0 Å². The molecule has 3 nitrogen and oxygen atoms in total. The molecular formula is C19H12F5NO2. The fraction of sp³-hybridized carbons (Fsp3) is 0.211. The van der Waals surface area contributed by atoms with Gasteiger partial charge >= 0.3 is 0 Å². The Morgan fingerprint density at radius 2 is 1.81 bits per heavy atom. The van der Waals surface area contributed by atoms with E-state index in [-0.39, 0.29) is 31.0 Å². The number of nitrogens with zero attached hydrogens (tertiary/aromatic N) is 1. The molecule has 1 amide bonds. The molecule has 0 atom stereocenters. The summed E-state index contributed by atoms with van der Waals surface area (Å²) in [6, 6.07) is 1.74. The Hall–Kier alpha value is -3.08. The quantitative estimate of drug-likeness (QED) is 0.349. The largest absolute Gasteiger partial charge is 0.481 e. The van der Waals surface area contributed by atoms with Crippen LogP contribution in [0.4, 0.5) is 27.6 Å². The van der Waals surface area contributed by atoms with E-state index in [1.807, 2.05) is 0 Å². The lowest BCUT2D eigenvalue weighted by atomic mass is 9.97. The smallest absolute Gasteiger partial charge is 0.265 e. The number of carbonyl (C=O) groups excluding carboxylic acids is 1. The first-order valence-corrected chi connectivity index (χ1v) is 7.87. The normalized spacial score (nSPS) is 13.2. The average Bonchev–Trinajstić information content (AvgIpc) is 2.64. The van der Waals surface area contributed by atoms with Crippen molar-refractivity contribution in [2.75, 3.05) is 18.1 Å². The number of terminal acetylenes is 1.